The van der Waals surface area contributed by atoms with E-state index in [0.29, 0.717) is 29.7 Å². The quantitative estimate of drug-likeness (QED) is 0.317. The van der Waals surface area contributed by atoms with Crippen molar-refractivity contribution in [3.05, 3.63) is 101 Å². The molecule has 31 heavy (non-hydrogen) atoms. The average molecular weight is 436 g/mol. The molecular formula is C26H23ClFNO2. The highest BCUT2D eigenvalue weighted by Gasteiger charge is 2.13. The second-order valence-electron chi connectivity index (χ2n) is 7.13. The number of fused-ring (bicyclic) bond motifs is 1. The molecule has 0 radical (unpaired) electrons. The molecular weight excluding hydrogens is 413 g/mol. The van der Waals surface area contributed by atoms with Gasteiger partial charge in [0.15, 0.2) is 11.5 Å². The van der Waals surface area contributed by atoms with Crippen LogP contribution in [0, 0.1) is 5.82 Å². The van der Waals surface area contributed by atoms with Gasteiger partial charge in [0.1, 0.15) is 12.4 Å². The van der Waals surface area contributed by atoms with Crippen LogP contribution in [0.15, 0.2) is 78.9 Å². The highest BCUT2D eigenvalue weighted by atomic mass is 35.5. The van der Waals surface area contributed by atoms with E-state index in [-0.39, 0.29) is 12.4 Å². The Bertz CT molecular complexity index is 1170. The third-order valence-corrected chi connectivity index (χ3v) is 5.22. The van der Waals surface area contributed by atoms with Crippen molar-refractivity contribution in [2.45, 2.75) is 20.1 Å². The number of ether oxygens (including phenoxy) is 2. The van der Waals surface area contributed by atoms with Crippen LogP contribution in [0.25, 0.3) is 10.8 Å². The van der Waals surface area contributed by atoms with E-state index in [1.54, 1.807) is 12.1 Å². The topological polar surface area (TPSA) is 30.5 Å². The minimum absolute atomic E-state index is 0.272. The second kappa shape index (κ2) is 9.71. The molecule has 0 spiro atoms. The van der Waals surface area contributed by atoms with Gasteiger partial charge in [0.2, 0.25) is 0 Å². The zero-order valence-electron chi connectivity index (χ0n) is 17.2. The second-order valence-corrected chi connectivity index (χ2v) is 7.54. The average Bonchev–Trinajstić information content (AvgIpc) is 2.78. The molecule has 0 amide bonds. The van der Waals surface area contributed by atoms with Gasteiger partial charge in [-0.1, -0.05) is 60.1 Å². The van der Waals surface area contributed by atoms with Crippen LogP contribution in [-0.4, -0.2) is 6.61 Å². The van der Waals surface area contributed by atoms with Gasteiger partial charge in [0.25, 0.3) is 0 Å². The van der Waals surface area contributed by atoms with Gasteiger partial charge in [-0.15, -0.1) is 0 Å². The van der Waals surface area contributed by atoms with Crippen LogP contribution in [0.3, 0.4) is 0 Å². The summed E-state index contributed by atoms with van der Waals surface area (Å²) in [6, 6.07) is 24.5. The first kappa shape index (κ1) is 21.0. The van der Waals surface area contributed by atoms with E-state index in [1.165, 1.54) is 22.9 Å². The Hall–Kier alpha value is -3.24. The molecule has 0 saturated heterocycles. The summed E-state index contributed by atoms with van der Waals surface area (Å²) >= 11 is 6.55. The summed E-state index contributed by atoms with van der Waals surface area (Å²) in [6.07, 6.45) is 0. The molecule has 158 valence electrons. The normalized spacial score (nSPS) is 10.8. The van der Waals surface area contributed by atoms with Gasteiger partial charge in [0, 0.05) is 17.6 Å². The number of anilines is 1. The SMILES string of the molecule is CCOc1cc(CNc2cccc3ccccc23)cc(Cl)c1OCc1ccc(F)cc1. The third kappa shape index (κ3) is 5.09. The Kier molecular flexibility index (Phi) is 6.58. The highest BCUT2D eigenvalue weighted by Crippen LogP contribution is 2.37. The fraction of sp³-hybridized carbons (Fsp3) is 0.154. The van der Waals surface area contributed by atoms with E-state index >= 15 is 0 Å². The lowest BCUT2D eigenvalue weighted by Crippen LogP contribution is -2.04. The molecule has 0 aliphatic carbocycles. The zero-order valence-corrected chi connectivity index (χ0v) is 18.0. The van der Waals surface area contributed by atoms with Crippen LogP contribution in [0.5, 0.6) is 11.5 Å². The van der Waals surface area contributed by atoms with E-state index < -0.39 is 0 Å². The lowest BCUT2D eigenvalue weighted by atomic mass is 10.1. The number of hydrogen-bond acceptors (Lipinski definition) is 3. The summed E-state index contributed by atoms with van der Waals surface area (Å²) in [5.74, 6) is 0.799. The highest BCUT2D eigenvalue weighted by molar-refractivity contribution is 6.32. The Morgan fingerprint density at radius 2 is 1.65 bits per heavy atom. The molecule has 0 fully saturated rings. The molecule has 0 saturated carbocycles. The molecule has 5 heteroatoms. The minimum atomic E-state index is -0.278. The Labute approximate surface area is 186 Å². The first-order chi connectivity index (χ1) is 15.1. The molecule has 0 heterocycles. The Morgan fingerprint density at radius 3 is 2.45 bits per heavy atom. The molecule has 4 aromatic carbocycles. The van der Waals surface area contributed by atoms with Crippen molar-refractivity contribution in [2.75, 3.05) is 11.9 Å². The van der Waals surface area contributed by atoms with Crippen molar-refractivity contribution in [1.29, 1.82) is 0 Å². The van der Waals surface area contributed by atoms with Crippen LogP contribution in [0.4, 0.5) is 10.1 Å². The van der Waals surface area contributed by atoms with E-state index in [9.17, 15) is 4.39 Å². The first-order valence-corrected chi connectivity index (χ1v) is 10.6. The number of nitrogens with one attached hydrogen (secondary N) is 1. The van der Waals surface area contributed by atoms with Crippen LogP contribution in [0.1, 0.15) is 18.1 Å². The van der Waals surface area contributed by atoms with Gasteiger partial charge < -0.3 is 14.8 Å². The summed E-state index contributed by atoms with van der Waals surface area (Å²) in [5.41, 5.74) is 2.89. The molecule has 0 unspecified atom stereocenters. The predicted molar refractivity (Wildman–Crippen MR) is 125 cm³/mol. The van der Waals surface area contributed by atoms with Gasteiger partial charge in [0.05, 0.1) is 11.6 Å². The molecule has 0 aromatic heterocycles. The molecule has 4 aromatic rings. The van der Waals surface area contributed by atoms with Crippen molar-refractivity contribution in [1.82, 2.24) is 0 Å². The maximum Gasteiger partial charge on any atom is 0.180 e. The number of benzene rings is 4. The van der Waals surface area contributed by atoms with Gasteiger partial charge in [-0.2, -0.15) is 0 Å². The molecule has 0 bridgehead atoms. The molecule has 0 aliphatic heterocycles. The smallest absolute Gasteiger partial charge is 0.180 e. The Morgan fingerprint density at radius 1 is 0.871 bits per heavy atom. The number of halogens is 2. The summed E-state index contributed by atoms with van der Waals surface area (Å²) < 4.78 is 24.8. The standard InChI is InChI=1S/C26H23ClFNO2/c1-2-30-25-15-19(16-29-24-9-5-7-20-6-3-4-8-22(20)24)14-23(27)26(25)31-17-18-10-12-21(28)13-11-18/h3-15,29H,2,16-17H2,1H3. The monoisotopic (exact) mass is 435 g/mol. The van der Waals surface area contributed by atoms with E-state index in [0.717, 1.165) is 16.8 Å². The van der Waals surface area contributed by atoms with Crippen molar-refractivity contribution in [3.8, 4) is 11.5 Å². The minimum Gasteiger partial charge on any atom is -0.490 e. The summed E-state index contributed by atoms with van der Waals surface area (Å²) in [4.78, 5) is 0. The van der Waals surface area contributed by atoms with E-state index in [1.807, 2.05) is 37.3 Å². The van der Waals surface area contributed by atoms with Crippen molar-refractivity contribution in [2.24, 2.45) is 0 Å². The van der Waals surface area contributed by atoms with E-state index in [2.05, 4.69) is 29.6 Å². The van der Waals surface area contributed by atoms with Crippen molar-refractivity contribution in [3.63, 3.8) is 0 Å². The lowest BCUT2D eigenvalue weighted by Gasteiger charge is -2.16. The molecule has 3 nitrogen and oxygen atoms in total. The molecule has 0 atom stereocenters. The summed E-state index contributed by atoms with van der Waals surface area (Å²) in [5, 5.41) is 6.32. The van der Waals surface area contributed by atoms with Gasteiger partial charge >= 0.3 is 0 Å². The maximum atomic E-state index is 13.1. The van der Waals surface area contributed by atoms with Crippen LogP contribution in [0.2, 0.25) is 5.02 Å². The van der Waals surface area contributed by atoms with Crippen LogP contribution in [-0.2, 0) is 13.2 Å². The number of hydrogen-bond donors (Lipinski definition) is 1. The zero-order chi connectivity index (χ0) is 21.6. The summed E-state index contributed by atoms with van der Waals surface area (Å²) in [6.45, 7) is 3.27. The molecule has 4 rings (SSSR count). The van der Waals surface area contributed by atoms with Crippen molar-refractivity contribution >= 4 is 28.1 Å². The fourth-order valence-electron chi connectivity index (χ4n) is 3.44. The molecule has 1 N–H and O–H groups in total. The van der Waals surface area contributed by atoms with Crippen LogP contribution >= 0.6 is 11.6 Å². The third-order valence-electron chi connectivity index (χ3n) is 4.94. The van der Waals surface area contributed by atoms with Gasteiger partial charge in [-0.3, -0.25) is 0 Å². The summed E-state index contributed by atoms with van der Waals surface area (Å²) in [7, 11) is 0. The van der Waals surface area contributed by atoms with E-state index in [4.69, 9.17) is 21.1 Å². The van der Waals surface area contributed by atoms with Crippen molar-refractivity contribution < 1.29 is 13.9 Å². The largest absolute Gasteiger partial charge is 0.490 e. The van der Waals surface area contributed by atoms with Gasteiger partial charge in [-0.05, 0) is 53.8 Å². The van der Waals surface area contributed by atoms with Gasteiger partial charge in [-0.25, -0.2) is 4.39 Å². The number of rotatable bonds is 8. The first-order valence-electron chi connectivity index (χ1n) is 10.2. The molecule has 0 aliphatic rings. The fourth-order valence-corrected chi connectivity index (χ4v) is 3.73. The lowest BCUT2D eigenvalue weighted by molar-refractivity contribution is 0.269. The maximum absolute atomic E-state index is 13.1. The Balaban J connectivity index is 1.52. The predicted octanol–water partition coefficient (Wildman–Crippen LogP) is 7.22. The van der Waals surface area contributed by atoms with Crippen LogP contribution < -0.4 is 14.8 Å².